The number of rotatable bonds is 3. The zero-order valence-corrected chi connectivity index (χ0v) is 10.5. The summed E-state index contributed by atoms with van der Waals surface area (Å²) in [6.07, 6.45) is 2.86. The lowest BCUT2D eigenvalue weighted by atomic mass is 10.2. The van der Waals surface area contributed by atoms with Crippen molar-refractivity contribution in [2.24, 2.45) is 0 Å². The van der Waals surface area contributed by atoms with Crippen LogP contribution in [0.1, 0.15) is 30.7 Å². The van der Waals surface area contributed by atoms with E-state index >= 15 is 0 Å². The second-order valence-corrected chi connectivity index (χ2v) is 4.32. The standard InChI is InChI=1S/C14H14ClNO/c1-11-7-8-13-12(10-11)16-14(17-13)6-4-2-3-5-9-15/h7-8,10H,2-3,5,9H2,1H3. The average molecular weight is 248 g/mol. The quantitative estimate of drug-likeness (QED) is 0.467. The summed E-state index contributed by atoms with van der Waals surface area (Å²) in [5, 5.41) is 0. The number of halogens is 1. The molecule has 0 spiro atoms. The summed E-state index contributed by atoms with van der Waals surface area (Å²) in [6.45, 7) is 2.03. The maximum absolute atomic E-state index is 5.59. The molecule has 2 rings (SSSR count). The fourth-order valence-corrected chi connectivity index (χ4v) is 1.73. The third-order valence-electron chi connectivity index (χ3n) is 2.42. The van der Waals surface area contributed by atoms with E-state index in [1.807, 2.05) is 25.1 Å². The molecule has 0 saturated carbocycles. The topological polar surface area (TPSA) is 26.0 Å². The minimum absolute atomic E-state index is 0.497. The Morgan fingerprint density at radius 1 is 1.35 bits per heavy atom. The minimum atomic E-state index is 0.497. The fraction of sp³-hybridized carbons (Fsp3) is 0.357. The molecule has 0 amide bonds. The molecule has 0 bridgehead atoms. The Labute approximate surface area is 106 Å². The summed E-state index contributed by atoms with van der Waals surface area (Å²) in [4.78, 5) is 4.33. The Morgan fingerprint density at radius 3 is 3.06 bits per heavy atom. The number of oxazole rings is 1. The number of aromatic nitrogens is 1. The zero-order valence-electron chi connectivity index (χ0n) is 9.79. The smallest absolute Gasteiger partial charge is 0.274 e. The van der Waals surface area contributed by atoms with E-state index in [1.54, 1.807) is 0 Å². The predicted octanol–water partition coefficient (Wildman–Crippen LogP) is 3.90. The molecule has 0 atom stereocenters. The number of hydrogen-bond acceptors (Lipinski definition) is 2. The summed E-state index contributed by atoms with van der Waals surface area (Å²) in [5.41, 5.74) is 2.84. The van der Waals surface area contributed by atoms with Gasteiger partial charge in [-0.2, -0.15) is 0 Å². The molecule has 0 aliphatic rings. The predicted molar refractivity (Wildman–Crippen MR) is 70.2 cm³/mol. The van der Waals surface area contributed by atoms with E-state index in [0.29, 0.717) is 11.8 Å². The van der Waals surface area contributed by atoms with Gasteiger partial charge in [0, 0.05) is 12.3 Å². The van der Waals surface area contributed by atoms with Crippen LogP contribution in [0.2, 0.25) is 0 Å². The highest BCUT2D eigenvalue weighted by atomic mass is 35.5. The SMILES string of the molecule is Cc1ccc2oc(C#CCCCCCl)nc2c1. The average Bonchev–Trinajstić information content (AvgIpc) is 2.70. The first-order chi connectivity index (χ1) is 8.29. The van der Waals surface area contributed by atoms with Crippen molar-refractivity contribution in [1.29, 1.82) is 0 Å². The molecule has 2 nitrogen and oxygen atoms in total. The van der Waals surface area contributed by atoms with Gasteiger partial charge < -0.3 is 4.42 Å². The van der Waals surface area contributed by atoms with Gasteiger partial charge in [0.15, 0.2) is 5.58 Å². The lowest BCUT2D eigenvalue weighted by Crippen LogP contribution is -1.76. The van der Waals surface area contributed by atoms with Gasteiger partial charge in [-0.1, -0.05) is 12.0 Å². The molecule has 88 valence electrons. The van der Waals surface area contributed by atoms with Crippen LogP contribution in [0.4, 0.5) is 0 Å². The first-order valence-electron chi connectivity index (χ1n) is 5.71. The number of hydrogen-bond donors (Lipinski definition) is 0. The van der Waals surface area contributed by atoms with Gasteiger partial charge in [-0.25, -0.2) is 4.98 Å². The molecular weight excluding hydrogens is 234 g/mol. The second kappa shape index (κ2) is 5.75. The Balaban J connectivity index is 2.08. The van der Waals surface area contributed by atoms with Crippen LogP contribution < -0.4 is 0 Å². The zero-order chi connectivity index (χ0) is 12.1. The number of fused-ring (bicyclic) bond motifs is 1. The van der Waals surface area contributed by atoms with E-state index in [0.717, 1.165) is 30.4 Å². The van der Waals surface area contributed by atoms with E-state index in [2.05, 4.69) is 16.8 Å². The molecule has 17 heavy (non-hydrogen) atoms. The molecule has 1 heterocycles. The maximum Gasteiger partial charge on any atom is 0.274 e. The molecule has 2 aromatic rings. The monoisotopic (exact) mass is 247 g/mol. The molecule has 0 saturated heterocycles. The normalized spacial score (nSPS) is 10.2. The van der Waals surface area contributed by atoms with E-state index in [9.17, 15) is 0 Å². The van der Waals surface area contributed by atoms with Gasteiger partial charge in [0.25, 0.3) is 5.89 Å². The Morgan fingerprint density at radius 2 is 2.24 bits per heavy atom. The van der Waals surface area contributed by atoms with Gasteiger partial charge >= 0.3 is 0 Å². The van der Waals surface area contributed by atoms with Crippen molar-refractivity contribution in [3.8, 4) is 11.8 Å². The maximum atomic E-state index is 5.59. The van der Waals surface area contributed by atoms with Crippen LogP contribution in [-0.4, -0.2) is 10.9 Å². The third-order valence-corrected chi connectivity index (χ3v) is 2.69. The van der Waals surface area contributed by atoms with Crippen molar-refractivity contribution in [1.82, 2.24) is 4.98 Å². The number of unbranched alkanes of at least 4 members (excludes halogenated alkanes) is 2. The van der Waals surface area contributed by atoms with E-state index in [1.165, 1.54) is 5.56 Å². The highest BCUT2D eigenvalue weighted by Crippen LogP contribution is 2.16. The minimum Gasteiger partial charge on any atom is -0.430 e. The number of nitrogens with zero attached hydrogens (tertiary/aromatic N) is 1. The molecule has 1 aromatic carbocycles. The molecule has 0 unspecified atom stereocenters. The van der Waals surface area contributed by atoms with E-state index in [4.69, 9.17) is 16.0 Å². The summed E-state index contributed by atoms with van der Waals surface area (Å²) in [6, 6.07) is 5.93. The van der Waals surface area contributed by atoms with Crippen molar-refractivity contribution in [3.63, 3.8) is 0 Å². The summed E-state index contributed by atoms with van der Waals surface area (Å²) < 4.78 is 5.52. The van der Waals surface area contributed by atoms with E-state index < -0.39 is 0 Å². The van der Waals surface area contributed by atoms with Crippen molar-refractivity contribution < 1.29 is 4.42 Å². The lowest BCUT2D eigenvalue weighted by molar-refractivity contribution is 0.586. The van der Waals surface area contributed by atoms with Crippen LogP contribution in [0.25, 0.3) is 11.1 Å². The third kappa shape index (κ3) is 3.25. The summed E-state index contributed by atoms with van der Waals surface area (Å²) in [5.74, 6) is 7.18. The molecule has 0 fully saturated rings. The van der Waals surface area contributed by atoms with E-state index in [-0.39, 0.29) is 0 Å². The van der Waals surface area contributed by atoms with Crippen LogP contribution in [-0.2, 0) is 0 Å². The largest absolute Gasteiger partial charge is 0.430 e. The van der Waals surface area contributed by atoms with Crippen LogP contribution in [0.15, 0.2) is 22.6 Å². The van der Waals surface area contributed by atoms with Crippen LogP contribution in [0, 0.1) is 18.8 Å². The van der Waals surface area contributed by atoms with Crippen molar-refractivity contribution in [2.45, 2.75) is 26.2 Å². The summed E-state index contributed by atoms with van der Waals surface area (Å²) in [7, 11) is 0. The highest BCUT2D eigenvalue weighted by molar-refractivity contribution is 6.17. The molecule has 0 aliphatic heterocycles. The molecule has 0 N–H and O–H groups in total. The van der Waals surface area contributed by atoms with Crippen molar-refractivity contribution in [2.75, 3.05) is 5.88 Å². The van der Waals surface area contributed by atoms with Crippen LogP contribution >= 0.6 is 11.6 Å². The lowest BCUT2D eigenvalue weighted by Gasteiger charge is -1.87. The van der Waals surface area contributed by atoms with Gasteiger partial charge in [-0.05, 0) is 43.4 Å². The van der Waals surface area contributed by atoms with Crippen molar-refractivity contribution >= 4 is 22.7 Å². The molecule has 0 radical (unpaired) electrons. The molecule has 0 aliphatic carbocycles. The highest BCUT2D eigenvalue weighted by Gasteiger charge is 2.02. The summed E-state index contributed by atoms with van der Waals surface area (Å²) >= 11 is 5.59. The molecule has 1 aromatic heterocycles. The number of benzene rings is 1. The van der Waals surface area contributed by atoms with Crippen molar-refractivity contribution in [3.05, 3.63) is 29.7 Å². The van der Waals surface area contributed by atoms with Gasteiger partial charge in [0.2, 0.25) is 0 Å². The van der Waals surface area contributed by atoms with Crippen LogP contribution in [0.3, 0.4) is 0 Å². The number of alkyl halides is 1. The first-order valence-corrected chi connectivity index (χ1v) is 6.25. The van der Waals surface area contributed by atoms with Crippen LogP contribution in [0.5, 0.6) is 0 Å². The van der Waals surface area contributed by atoms with Gasteiger partial charge in [-0.3, -0.25) is 0 Å². The first kappa shape index (κ1) is 12.0. The molecule has 3 heteroatoms. The Bertz CT molecular complexity index is 562. The van der Waals surface area contributed by atoms with Gasteiger partial charge in [0.1, 0.15) is 5.52 Å². The van der Waals surface area contributed by atoms with Gasteiger partial charge in [0.05, 0.1) is 0 Å². The Hall–Kier alpha value is -1.46. The second-order valence-electron chi connectivity index (χ2n) is 3.94. The molecular formula is C14H14ClNO. The Kier molecular flexibility index (Phi) is 4.06. The fourth-order valence-electron chi connectivity index (χ4n) is 1.54. The number of aryl methyl sites for hydroxylation is 1. The van der Waals surface area contributed by atoms with Gasteiger partial charge in [-0.15, -0.1) is 11.6 Å².